The second-order valence-electron chi connectivity index (χ2n) is 8.12. The molecule has 2 aliphatic heterocycles. The zero-order chi connectivity index (χ0) is 21.5. The second kappa shape index (κ2) is 10.7. The number of carbonyl (C=O) groups excluding carboxylic acids is 1. The van der Waals surface area contributed by atoms with E-state index in [2.05, 4.69) is 10.6 Å². The van der Waals surface area contributed by atoms with Crippen LogP contribution in [0.25, 0.3) is 0 Å². The van der Waals surface area contributed by atoms with Crippen LogP contribution in [0.3, 0.4) is 0 Å². The van der Waals surface area contributed by atoms with Gasteiger partial charge in [0.05, 0.1) is 37.9 Å². The molecule has 0 bridgehead atoms. The van der Waals surface area contributed by atoms with Gasteiger partial charge in [-0.25, -0.2) is 0 Å². The molecule has 0 aromatic heterocycles. The van der Waals surface area contributed by atoms with Gasteiger partial charge in [0, 0.05) is 19.1 Å². The lowest BCUT2D eigenvalue weighted by molar-refractivity contribution is -0.137. The molecule has 166 valence electrons. The zero-order valence-corrected chi connectivity index (χ0v) is 17.5. The number of benzene rings is 2. The smallest absolute Gasteiger partial charge is 0.222 e. The standard InChI is InChI=1S/C24H30N2O5/c27-18-14-25-22-11-10-21(31-23(22)16-29-15-18)12-24(28)26-13-17-6-8-20(9-7-17)30-19-4-2-1-3-5-19/h1-9,18,21-23,25,27H,10-16H2,(H,26,28)/t18-,21-,22-,23+/m1/s1. The quantitative estimate of drug-likeness (QED) is 0.657. The van der Waals surface area contributed by atoms with Crippen molar-refractivity contribution in [2.24, 2.45) is 0 Å². The molecule has 2 fully saturated rings. The fraction of sp³-hybridized carbons (Fsp3) is 0.458. The number of nitrogens with one attached hydrogen (secondary N) is 2. The van der Waals surface area contributed by atoms with Gasteiger partial charge in [-0.15, -0.1) is 0 Å². The fourth-order valence-corrected chi connectivity index (χ4v) is 3.95. The number of para-hydroxylation sites is 1. The fourth-order valence-electron chi connectivity index (χ4n) is 3.95. The monoisotopic (exact) mass is 426 g/mol. The molecule has 4 atom stereocenters. The Bertz CT molecular complexity index is 830. The zero-order valence-electron chi connectivity index (χ0n) is 17.5. The van der Waals surface area contributed by atoms with Crippen molar-refractivity contribution < 1.29 is 24.1 Å². The molecule has 0 spiro atoms. The Morgan fingerprint density at radius 3 is 2.65 bits per heavy atom. The number of ether oxygens (including phenoxy) is 3. The normalized spacial score (nSPS) is 26.2. The van der Waals surface area contributed by atoms with E-state index in [1.54, 1.807) is 0 Å². The molecule has 2 heterocycles. The summed E-state index contributed by atoms with van der Waals surface area (Å²) in [5.41, 5.74) is 1.01. The van der Waals surface area contributed by atoms with E-state index in [1.165, 1.54) is 0 Å². The van der Waals surface area contributed by atoms with Gasteiger partial charge in [-0.2, -0.15) is 0 Å². The highest BCUT2D eigenvalue weighted by Crippen LogP contribution is 2.24. The van der Waals surface area contributed by atoms with Crippen molar-refractivity contribution in [3.63, 3.8) is 0 Å². The van der Waals surface area contributed by atoms with E-state index in [0.29, 0.717) is 32.7 Å². The Morgan fingerprint density at radius 1 is 1.06 bits per heavy atom. The summed E-state index contributed by atoms with van der Waals surface area (Å²) in [6.45, 7) is 1.71. The lowest BCUT2D eigenvalue weighted by Gasteiger charge is -2.38. The van der Waals surface area contributed by atoms with Crippen LogP contribution in [0.4, 0.5) is 0 Å². The lowest BCUT2D eigenvalue weighted by Crippen LogP contribution is -2.53. The molecule has 2 aromatic carbocycles. The predicted octanol–water partition coefficient (Wildman–Crippen LogP) is 2.38. The van der Waals surface area contributed by atoms with E-state index in [9.17, 15) is 9.90 Å². The molecule has 7 nitrogen and oxygen atoms in total. The van der Waals surface area contributed by atoms with Gasteiger partial charge in [-0.3, -0.25) is 4.79 Å². The molecule has 1 amide bonds. The average Bonchev–Trinajstić information content (AvgIpc) is 2.77. The number of fused-ring (bicyclic) bond motifs is 1. The summed E-state index contributed by atoms with van der Waals surface area (Å²) in [4.78, 5) is 12.4. The van der Waals surface area contributed by atoms with Crippen molar-refractivity contribution in [3.05, 3.63) is 60.2 Å². The van der Waals surface area contributed by atoms with Crippen LogP contribution >= 0.6 is 0 Å². The van der Waals surface area contributed by atoms with Crippen molar-refractivity contribution in [1.29, 1.82) is 0 Å². The van der Waals surface area contributed by atoms with E-state index in [1.807, 2.05) is 54.6 Å². The van der Waals surface area contributed by atoms with Crippen molar-refractivity contribution >= 4 is 5.91 Å². The Hall–Kier alpha value is -2.45. The van der Waals surface area contributed by atoms with Crippen molar-refractivity contribution in [2.45, 2.75) is 50.2 Å². The molecule has 3 N–H and O–H groups in total. The van der Waals surface area contributed by atoms with Crippen molar-refractivity contribution in [3.8, 4) is 11.5 Å². The number of rotatable bonds is 6. The molecule has 2 aliphatic rings. The van der Waals surface area contributed by atoms with Crippen LogP contribution in [0, 0.1) is 0 Å². The highest BCUT2D eigenvalue weighted by atomic mass is 16.5. The lowest BCUT2D eigenvalue weighted by atomic mass is 9.96. The van der Waals surface area contributed by atoms with E-state index in [4.69, 9.17) is 14.2 Å². The van der Waals surface area contributed by atoms with Gasteiger partial charge in [0.25, 0.3) is 0 Å². The number of amides is 1. The largest absolute Gasteiger partial charge is 0.457 e. The minimum atomic E-state index is -0.483. The van der Waals surface area contributed by atoms with Crippen LogP contribution in [0.5, 0.6) is 11.5 Å². The topological polar surface area (TPSA) is 89.1 Å². The molecule has 2 aromatic rings. The third-order valence-electron chi connectivity index (χ3n) is 5.63. The van der Waals surface area contributed by atoms with E-state index in [0.717, 1.165) is 29.9 Å². The minimum absolute atomic E-state index is 0.0248. The second-order valence-corrected chi connectivity index (χ2v) is 8.12. The summed E-state index contributed by atoms with van der Waals surface area (Å²) in [6, 6.07) is 17.5. The number of aliphatic hydroxyl groups is 1. The third kappa shape index (κ3) is 6.51. The molecule has 4 rings (SSSR count). The number of hydrogen-bond acceptors (Lipinski definition) is 6. The van der Waals surface area contributed by atoms with Crippen LogP contribution in [0.15, 0.2) is 54.6 Å². The van der Waals surface area contributed by atoms with Gasteiger partial charge < -0.3 is 30.0 Å². The summed E-state index contributed by atoms with van der Waals surface area (Å²) in [5, 5.41) is 16.0. The van der Waals surface area contributed by atoms with Gasteiger partial charge in [0.15, 0.2) is 0 Å². The summed E-state index contributed by atoms with van der Waals surface area (Å²) >= 11 is 0. The maximum absolute atomic E-state index is 12.4. The summed E-state index contributed by atoms with van der Waals surface area (Å²) in [6.07, 6.45) is 1.36. The molecule has 0 aliphatic carbocycles. The summed E-state index contributed by atoms with van der Waals surface area (Å²) in [5.74, 6) is 1.52. The summed E-state index contributed by atoms with van der Waals surface area (Å²) < 4.78 is 17.4. The molecular weight excluding hydrogens is 396 g/mol. The Morgan fingerprint density at radius 2 is 1.84 bits per heavy atom. The predicted molar refractivity (Wildman–Crippen MR) is 116 cm³/mol. The first kappa shape index (κ1) is 21.8. The number of β-amino-alcohol motifs (C(OH)–C–C–N with tert-alkyl or cyclic N) is 1. The van der Waals surface area contributed by atoms with Gasteiger partial charge in [-0.05, 0) is 42.7 Å². The summed E-state index contributed by atoms with van der Waals surface area (Å²) in [7, 11) is 0. The number of aliphatic hydroxyl groups excluding tert-OH is 1. The van der Waals surface area contributed by atoms with Crippen LogP contribution < -0.4 is 15.4 Å². The van der Waals surface area contributed by atoms with E-state index in [-0.39, 0.29) is 24.2 Å². The Balaban J connectivity index is 1.20. The first-order valence-corrected chi connectivity index (χ1v) is 10.9. The van der Waals surface area contributed by atoms with Gasteiger partial charge in [-0.1, -0.05) is 30.3 Å². The molecule has 2 saturated heterocycles. The average molecular weight is 427 g/mol. The van der Waals surface area contributed by atoms with Gasteiger partial charge >= 0.3 is 0 Å². The molecular formula is C24H30N2O5. The molecule has 0 unspecified atom stereocenters. The number of carbonyl (C=O) groups is 1. The molecule has 7 heteroatoms. The Kier molecular flexibility index (Phi) is 7.53. The molecule has 0 radical (unpaired) electrons. The van der Waals surface area contributed by atoms with Crippen LogP contribution in [0.1, 0.15) is 24.8 Å². The first-order chi connectivity index (χ1) is 15.2. The van der Waals surface area contributed by atoms with Crippen molar-refractivity contribution in [1.82, 2.24) is 10.6 Å². The molecule has 0 saturated carbocycles. The molecule has 31 heavy (non-hydrogen) atoms. The van der Waals surface area contributed by atoms with Gasteiger partial charge in [0.2, 0.25) is 5.91 Å². The highest BCUT2D eigenvalue weighted by molar-refractivity contribution is 5.76. The SMILES string of the molecule is O=C(C[C@H]1CC[C@H]2NC[C@@H](O)COC[C@@H]2O1)NCc1ccc(Oc2ccccc2)cc1. The number of hydrogen-bond donors (Lipinski definition) is 3. The maximum Gasteiger partial charge on any atom is 0.222 e. The Labute approximate surface area is 182 Å². The first-order valence-electron chi connectivity index (χ1n) is 10.9. The van der Waals surface area contributed by atoms with Crippen molar-refractivity contribution in [2.75, 3.05) is 19.8 Å². The van der Waals surface area contributed by atoms with Crippen LogP contribution in [0.2, 0.25) is 0 Å². The van der Waals surface area contributed by atoms with Gasteiger partial charge in [0.1, 0.15) is 11.5 Å². The van der Waals surface area contributed by atoms with Crippen LogP contribution in [-0.4, -0.2) is 55.1 Å². The maximum atomic E-state index is 12.4. The van der Waals surface area contributed by atoms with E-state index >= 15 is 0 Å². The highest BCUT2D eigenvalue weighted by Gasteiger charge is 2.33. The van der Waals surface area contributed by atoms with E-state index < -0.39 is 6.10 Å². The minimum Gasteiger partial charge on any atom is -0.457 e. The third-order valence-corrected chi connectivity index (χ3v) is 5.63. The van der Waals surface area contributed by atoms with Crippen LogP contribution in [-0.2, 0) is 20.8 Å².